The Bertz CT molecular complexity index is 1200. The number of anilines is 1. The van der Waals surface area contributed by atoms with Crippen molar-refractivity contribution in [1.82, 2.24) is 0 Å². The summed E-state index contributed by atoms with van der Waals surface area (Å²) in [6, 6.07) is 6.49. The van der Waals surface area contributed by atoms with Gasteiger partial charge in [-0.05, 0) is 49.2 Å². The topological polar surface area (TPSA) is 56.8 Å². The molecule has 0 saturated heterocycles. The summed E-state index contributed by atoms with van der Waals surface area (Å²) in [6.07, 6.45) is -28.0. The standard InChI is InChI=1S/C22H16F13NO4/c1-11-6-12(2)8-15(7-11)38-10-16(37)36-14-5-3-4-13(9-14)17(23,24)19(27,28)39-20(29,30)18(25,26)21(31,32)40-22(33,34)35/h3-9H,10H2,1-2H3,(H,36,37). The monoisotopic (exact) mass is 605 g/mol. The molecular formula is C22H16F13NO4. The molecular weight excluding hydrogens is 589 g/mol. The fourth-order valence-electron chi connectivity index (χ4n) is 2.99. The Morgan fingerprint density at radius 3 is 1.77 bits per heavy atom. The van der Waals surface area contributed by atoms with E-state index in [0.717, 1.165) is 17.2 Å². The van der Waals surface area contributed by atoms with Gasteiger partial charge in [0.2, 0.25) is 0 Å². The third kappa shape index (κ3) is 7.47. The van der Waals surface area contributed by atoms with Gasteiger partial charge in [0.25, 0.3) is 5.91 Å². The first kappa shape index (κ1) is 32.9. The highest BCUT2D eigenvalue weighted by Gasteiger charge is 2.80. The Balaban J connectivity index is 2.22. The van der Waals surface area contributed by atoms with Crippen LogP contribution in [-0.4, -0.2) is 43.1 Å². The first-order valence-electron chi connectivity index (χ1n) is 10.4. The van der Waals surface area contributed by atoms with E-state index in [9.17, 15) is 61.9 Å². The second-order valence-electron chi connectivity index (χ2n) is 8.09. The quantitative estimate of drug-likeness (QED) is 0.272. The van der Waals surface area contributed by atoms with E-state index in [4.69, 9.17) is 4.74 Å². The van der Waals surface area contributed by atoms with Crippen LogP contribution in [0.2, 0.25) is 0 Å². The molecule has 40 heavy (non-hydrogen) atoms. The van der Waals surface area contributed by atoms with Gasteiger partial charge in [0.05, 0.1) is 0 Å². The highest BCUT2D eigenvalue weighted by molar-refractivity contribution is 5.92. The number of carbonyl (C=O) groups excluding carboxylic acids is 1. The zero-order chi connectivity index (χ0) is 30.9. The maximum absolute atomic E-state index is 14.4. The lowest BCUT2D eigenvalue weighted by molar-refractivity contribution is -0.535. The summed E-state index contributed by atoms with van der Waals surface area (Å²) in [5.41, 5.74) is -1.10. The Morgan fingerprint density at radius 2 is 1.25 bits per heavy atom. The fourth-order valence-corrected chi connectivity index (χ4v) is 2.99. The van der Waals surface area contributed by atoms with E-state index >= 15 is 0 Å². The second-order valence-corrected chi connectivity index (χ2v) is 8.09. The van der Waals surface area contributed by atoms with Crippen molar-refractivity contribution in [2.45, 2.75) is 50.4 Å². The van der Waals surface area contributed by atoms with E-state index in [0.29, 0.717) is 6.07 Å². The minimum atomic E-state index is -7.53. The Morgan fingerprint density at radius 1 is 0.725 bits per heavy atom. The summed E-state index contributed by atoms with van der Waals surface area (Å²) in [4.78, 5) is 12.1. The lowest BCUT2D eigenvalue weighted by Crippen LogP contribution is -2.61. The number of benzene rings is 2. The molecule has 0 bridgehead atoms. The van der Waals surface area contributed by atoms with Crippen molar-refractivity contribution in [3.05, 3.63) is 59.2 Å². The van der Waals surface area contributed by atoms with Gasteiger partial charge in [-0.3, -0.25) is 4.79 Å². The third-order valence-corrected chi connectivity index (χ3v) is 4.67. The molecule has 0 saturated carbocycles. The zero-order valence-corrected chi connectivity index (χ0v) is 19.8. The molecule has 1 amide bonds. The summed E-state index contributed by atoms with van der Waals surface area (Å²) < 4.78 is 181. The van der Waals surface area contributed by atoms with Crippen molar-refractivity contribution in [2.75, 3.05) is 11.9 Å². The maximum atomic E-state index is 14.4. The van der Waals surface area contributed by atoms with Gasteiger partial charge in [0.1, 0.15) is 5.75 Å². The first-order valence-corrected chi connectivity index (χ1v) is 10.4. The van der Waals surface area contributed by atoms with Crippen LogP contribution in [0.5, 0.6) is 5.75 Å². The third-order valence-electron chi connectivity index (χ3n) is 4.67. The minimum absolute atomic E-state index is 0.0731. The molecule has 2 aromatic carbocycles. The van der Waals surface area contributed by atoms with Gasteiger partial charge in [0, 0.05) is 11.3 Å². The van der Waals surface area contributed by atoms with E-state index in [2.05, 4.69) is 0 Å². The molecule has 0 aromatic heterocycles. The van der Waals surface area contributed by atoms with Gasteiger partial charge in [-0.15, -0.1) is 13.2 Å². The molecule has 0 unspecified atom stereocenters. The number of hydrogen-bond acceptors (Lipinski definition) is 4. The molecule has 0 heterocycles. The largest absolute Gasteiger partial charge is 0.527 e. The summed E-state index contributed by atoms with van der Waals surface area (Å²) in [6.45, 7) is 2.70. The summed E-state index contributed by atoms with van der Waals surface area (Å²) in [5.74, 6) is -14.3. The van der Waals surface area contributed by atoms with Crippen LogP contribution in [0.25, 0.3) is 0 Å². The zero-order valence-electron chi connectivity index (χ0n) is 19.8. The number of aryl methyl sites for hydroxylation is 2. The highest BCUT2D eigenvalue weighted by Crippen LogP contribution is 2.54. The molecule has 0 fully saturated rings. The van der Waals surface area contributed by atoms with Gasteiger partial charge < -0.3 is 10.1 Å². The van der Waals surface area contributed by atoms with E-state index in [1.165, 1.54) is 12.1 Å². The molecule has 0 spiro atoms. The molecule has 0 aliphatic carbocycles. The van der Waals surface area contributed by atoms with Crippen LogP contribution in [0, 0.1) is 13.8 Å². The van der Waals surface area contributed by atoms with Crippen molar-refractivity contribution < 1.29 is 76.1 Å². The van der Waals surface area contributed by atoms with E-state index in [1.54, 1.807) is 24.7 Å². The van der Waals surface area contributed by atoms with Crippen LogP contribution in [0.4, 0.5) is 62.8 Å². The minimum Gasteiger partial charge on any atom is -0.484 e. The predicted octanol–water partition coefficient (Wildman–Crippen LogP) is 7.38. The molecule has 5 nitrogen and oxygen atoms in total. The summed E-state index contributed by atoms with van der Waals surface area (Å²) in [7, 11) is 0. The average Bonchev–Trinajstić information content (AvgIpc) is 2.74. The van der Waals surface area contributed by atoms with Gasteiger partial charge in [-0.2, -0.15) is 43.9 Å². The van der Waals surface area contributed by atoms with Crippen molar-refractivity contribution in [3.8, 4) is 5.75 Å². The van der Waals surface area contributed by atoms with Crippen LogP contribution in [-0.2, 0) is 20.2 Å². The van der Waals surface area contributed by atoms with Crippen molar-refractivity contribution >= 4 is 11.6 Å². The lowest BCUT2D eigenvalue weighted by atomic mass is 10.1. The van der Waals surface area contributed by atoms with E-state index in [1.807, 2.05) is 10.1 Å². The summed E-state index contributed by atoms with van der Waals surface area (Å²) >= 11 is 0. The molecule has 2 aromatic rings. The normalized spacial score (nSPS) is 13.8. The van der Waals surface area contributed by atoms with Crippen molar-refractivity contribution in [3.63, 3.8) is 0 Å². The van der Waals surface area contributed by atoms with Gasteiger partial charge in [-0.1, -0.05) is 18.2 Å². The Labute approximate surface area is 215 Å². The maximum Gasteiger partial charge on any atom is 0.527 e. The first-order chi connectivity index (χ1) is 17.9. The number of rotatable bonds is 11. The predicted molar refractivity (Wildman–Crippen MR) is 108 cm³/mol. The van der Waals surface area contributed by atoms with Crippen molar-refractivity contribution in [1.29, 1.82) is 0 Å². The van der Waals surface area contributed by atoms with E-state index < -0.39 is 60.3 Å². The number of carbonyl (C=O) groups is 1. The van der Waals surface area contributed by atoms with Crippen LogP contribution >= 0.6 is 0 Å². The Hall–Kier alpha value is -3.28. The number of ether oxygens (including phenoxy) is 3. The molecule has 0 radical (unpaired) electrons. The van der Waals surface area contributed by atoms with Crippen molar-refractivity contribution in [2.24, 2.45) is 0 Å². The number of alkyl halides is 13. The van der Waals surface area contributed by atoms with Crippen LogP contribution in [0.15, 0.2) is 42.5 Å². The molecule has 224 valence electrons. The second kappa shape index (κ2) is 10.9. The number of halogens is 13. The number of hydrogen-bond donors (Lipinski definition) is 1. The van der Waals surface area contributed by atoms with Crippen LogP contribution in [0.1, 0.15) is 16.7 Å². The molecule has 0 aliphatic rings. The van der Waals surface area contributed by atoms with Gasteiger partial charge in [0.15, 0.2) is 6.61 Å². The highest BCUT2D eigenvalue weighted by atomic mass is 19.4. The SMILES string of the molecule is Cc1cc(C)cc(OCC(=O)Nc2cccc(C(F)(F)C(F)(F)OC(F)(F)C(F)(F)C(F)(F)OC(F)(F)F)c2)c1. The fraction of sp³-hybridized carbons (Fsp3) is 0.409. The number of nitrogens with one attached hydrogen (secondary N) is 1. The summed E-state index contributed by atoms with van der Waals surface area (Å²) in [5, 5.41) is 1.95. The Kier molecular flexibility index (Phi) is 9.01. The molecule has 1 N–H and O–H groups in total. The van der Waals surface area contributed by atoms with Gasteiger partial charge >= 0.3 is 36.5 Å². The average molecular weight is 605 g/mol. The number of amides is 1. The van der Waals surface area contributed by atoms with Crippen LogP contribution in [0.3, 0.4) is 0 Å². The molecule has 0 atom stereocenters. The van der Waals surface area contributed by atoms with Crippen LogP contribution < -0.4 is 10.1 Å². The molecule has 18 heteroatoms. The molecule has 2 rings (SSSR count). The molecule has 0 aliphatic heterocycles. The van der Waals surface area contributed by atoms with Gasteiger partial charge in [-0.25, -0.2) is 9.47 Å². The van der Waals surface area contributed by atoms with E-state index in [-0.39, 0.29) is 17.9 Å². The smallest absolute Gasteiger partial charge is 0.484 e. The lowest BCUT2D eigenvalue weighted by Gasteiger charge is -2.35.